The van der Waals surface area contributed by atoms with E-state index < -0.39 is 9.84 Å². The van der Waals surface area contributed by atoms with Gasteiger partial charge in [-0.1, -0.05) is 6.07 Å². The topological polar surface area (TPSA) is 55.4 Å². The minimum absolute atomic E-state index is 0.0622. The first-order valence-electron chi connectivity index (χ1n) is 7.50. The Hall–Kier alpha value is -1.37. The lowest BCUT2D eigenvalue weighted by atomic mass is 10.1. The summed E-state index contributed by atoms with van der Waals surface area (Å²) in [6.07, 6.45) is 0. The van der Waals surface area contributed by atoms with E-state index in [0.29, 0.717) is 17.2 Å². The number of methoxy groups -OCH3 is 1. The van der Waals surface area contributed by atoms with Crippen LogP contribution >= 0.6 is 11.3 Å². The molecule has 0 amide bonds. The quantitative estimate of drug-likeness (QED) is 0.828. The van der Waals surface area contributed by atoms with Gasteiger partial charge < -0.3 is 10.1 Å². The molecule has 0 spiro atoms. The average Bonchev–Trinajstić information content (AvgIpc) is 2.85. The SMILES string of the molecule is COc1cccc(S(=O)(=O)CCN[C@H](C)c2cc(C)sc2C)c1. The summed E-state index contributed by atoms with van der Waals surface area (Å²) in [6.45, 7) is 6.65. The first-order chi connectivity index (χ1) is 10.8. The maximum absolute atomic E-state index is 12.4. The zero-order valence-corrected chi connectivity index (χ0v) is 15.6. The van der Waals surface area contributed by atoms with Gasteiger partial charge >= 0.3 is 0 Å². The summed E-state index contributed by atoms with van der Waals surface area (Å²) in [6, 6.07) is 8.90. The minimum atomic E-state index is -3.32. The van der Waals surface area contributed by atoms with Gasteiger partial charge in [-0.15, -0.1) is 11.3 Å². The molecule has 2 aromatic rings. The monoisotopic (exact) mass is 353 g/mol. The average molecular weight is 354 g/mol. The maximum atomic E-state index is 12.4. The van der Waals surface area contributed by atoms with Gasteiger partial charge in [0.15, 0.2) is 9.84 Å². The molecule has 0 saturated carbocycles. The Morgan fingerprint density at radius 2 is 2.00 bits per heavy atom. The number of hydrogen-bond acceptors (Lipinski definition) is 5. The largest absolute Gasteiger partial charge is 0.497 e. The molecule has 23 heavy (non-hydrogen) atoms. The highest BCUT2D eigenvalue weighted by atomic mass is 32.2. The van der Waals surface area contributed by atoms with Crippen LogP contribution in [0, 0.1) is 13.8 Å². The molecule has 6 heteroatoms. The van der Waals surface area contributed by atoms with Gasteiger partial charge in [0.05, 0.1) is 17.8 Å². The number of benzene rings is 1. The fourth-order valence-electron chi connectivity index (χ4n) is 2.51. The molecule has 1 heterocycles. The molecule has 1 N–H and O–H groups in total. The van der Waals surface area contributed by atoms with Crippen molar-refractivity contribution in [3.8, 4) is 5.75 Å². The Bertz CT molecular complexity index is 766. The lowest BCUT2D eigenvalue weighted by Crippen LogP contribution is -2.26. The molecule has 1 atom stereocenters. The van der Waals surface area contributed by atoms with Crippen molar-refractivity contribution in [3.05, 3.63) is 45.6 Å². The molecule has 4 nitrogen and oxygen atoms in total. The number of nitrogens with one attached hydrogen (secondary N) is 1. The Labute approximate surface area is 142 Å². The van der Waals surface area contributed by atoms with Crippen LogP contribution in [0.5, 0.6) is 5.75 Å². The van der Waals surface area contributed by atoms with Gasteiger partial charge in [0.25, 0.3) is 0 Å². The Kier molecular flexibility index (Phi) is 5.84. The van der Waals surface area contributed by atoms with E-state index in [1.54, 1.807) is 35.6 Å². The molecule has 0 aliphatic carbocycles. The Morgan fingerprint density at radius 1 is 1.26 bits per heavy atom. The Morgan fingerprint density at radius 3 is 2.61 bits per heavy atom. The third-order valence-electron chi connectivity index (χ3n) is 3.77. The fraction of sp³-hybridized carbons (Fsp3) is 0.412. The van der Waals surface area contributed by atoms with E-state index in [2.05, 4.69) is 32.2 Å². The highest BCUT2D eigenvalue weighted by Crippen LogP contribution is 2.26. The highest BCUT2D eigenvalue weighted by molar-refractivity contribution is 7.91. The van der Waals surface area contributed by atoms with Crippen molar-refractivity contribution >= 4 is 21.2 Å². The van der Waals surface area contributed by atoms with E-state index in [1.807, 2.05) is 0 Å². The second-order valence-electron chi connectivity index (χ2n) is 5.54. The van der Waals surface area contributed by atoms with Gasteiger partial charge in [-0.05, 0) is 50.6 Å². The summed E-state index contributed by atoms with van der Waals surface area (Å²) in [4.78, 5) is 2.85. The molecular weight excluding hydrogens is 330 g/mol. The van der Waals surface area contributed by atoms with Crippen molar-refractivity contribution in [2.45, 2.75) is 31.7 Å². The van der Waals surface area contributed by atoms with Gasteiger partial charge in [0, 0.05) is 22.3 Å². The summed E-state index contributed by atoms with van der Waals surface area (Å²) in [5, 5.41) is 3.30. The van der Waals surface area contributed by atoms with E-state index in [-0.39, 0.29) is 11.8 Å². The standard InChI is InChI=1S/C17H23NO3S2/c1-12-10-17(14(3)22-12)13(2)18-8-9-23(19,20)16-7-5-6-15(11-16)21-4/h5-7,10-11,13,18H,8-9H2,1-4H3/t13-/m1/s1. The van der Waals surface area contributed by atoms with Gasteiger partial charge in [0.1, 0.15) is 5.75 Å². The number of ether oxygens (including phenoxy) is 1. The number of rotatable bonds is 7. The normalized spacial score (nSPS) is 13.0. The zero-order valence-electron chi connectivity index (χ0n) is 13.9. The van der Waals surface area contributed by atoms with Crippen molar-refractivity contribution in [1.29, 1.82) is 0 Å². The molecule has 126 valence electrons. The molecule has 2 rings (SSSR count). The summed E-state index contributed by atoms with van der Waals surface area (Å²) in [7, 11) is -1.79. The van der Waals surface area contributed by atoms with E-state index in [4.69, 9.17) is 4.74 Å². The first-order valence-corrected chi connectivity index (χ1v) is 9.97. The Balaban J connectivity index is 1.98. The van der Waals surface area contributed by atoms with Crippen LogP contribution in [0.15, 0.2) is 35.2 Å². The number of thiophene rings is 1. The summed E-state index contributed by atoms with van der Waals surface area (Å²) in [5.41, 5.74) is 1.24. The van der Waals surface area contributed by atoms with Gasteiger partial charge in [0.2, 0.25) is 0 Å². The van der Waals surface area contributed by atoms with Gasteiger partial charge in [-0.2, -0.15) is 0 Å². The number of hydrogen-bond donors (Lipinski definition) is 1. The van der Waals surface area contributed by atoms with Crippen LogP contribution in [0.1, 0.15) is 28.3 Å². The molecule has 1 aromatic heterocycles. The summed E-state index contributed by atoms with van der Waals surface area (Å²) in [5.74, 6) is 0.615. The third kappa shape index (κ3) is 4.56. The third-order valence-corrected chi connectivity index (χ3v) is 6.46. The summed E-state index contributed by atoms with van der Waals surface area (Å²) >= 11 is 1.77. The maximum Gasteiger partial charge on any atom is 0.179 e. The van der Waals surface area contributed by atoms with Crippen LogP contribution in [0.2, 0.25) is 0 Å². The predicted octanol–water partition coefficient (Wildman–Crippen LogP) is 3.50. The zero-order chi connectivity index (χ0) is 17.0. The first kappa shape index (κ1) is 18.0. The van der Waals surface area contributed by atoms with E-state index in [9.17, 15) is 8.42 Å². The highest BCUT2D eigenvalue weighted by Gasteiger charge is 2.16. The lowest BCUT2D eigenvalue weighted by molar-refractivity contribution is 0.413. The smallest absolute Gasteiger partial charge is 0.179 e. The van der Waals surface area contributed by atoms with Crippen molar-refractivity contribution in [3.63, 3.8) is 0 Å². The van der Waals surface area contributed by atoms with E-state index in [0.717, 1.165) is 0 Å². The van der Waals surface area contributed by atoms with Gasteiger partial charge in [-0.25, -0.2) is 8.42 Å². The molecule has 1 aromatic carbocycles. The van der Waals surface area contributed by atoms with E-state index in [1.165, 1.54) is 22.4 Å². The van der Waals surface area contributed by atoms with Crippen LogP contribution in [0.4, 0.5) is 0 Å². The van der Waals surface area contributed by atoms with Crippen LogP contribution in [-0.4, -0.2) is 27.8 Å². The van der Waals surface area contributed by atoms with Gasteiger partial charge in [-0.3, -0.25) is 0 Å². The number of sulfone groups is 1. The van der Waals surface area contributed by atoms with Crippen molar-refractivity contribution in [2.24, 2.45) is 0 Å². The summed E-state index contributed by atoms with van der Waals surface area (Å²) < 4.78 is 29.9. The predicted molar refractivity (Wildman–Crippen MR) is 95.3 cm³/mol. The molecule has 0 fully saturated rings. The lowest BCUT2D eigenvalue weighted by Gasteiger charge is -2.14. The molecular formula is C17H23NO3S2. The van der Waals surface area contributed by atoms with Crippen LogP contribution in [0.3, 0.4) is 0 Å². The molecule has 0 saturated heterocycles. The van der Waals surface area contributed by atoms with Crippen molar-refractivity contribution in [1.82, 2.24) is 5.32 Å². The van der Waals surface area contributed by atoms with Crippen molar-refractivity contribution < 1.29 is 13.2 Å². The fourth-order valence-corrected chi connectivity index (χ4v) is 4.74. The molecule has 0 unspecified atom stereocenters. The van der Waals surface area contributed by atoms with Crippen LogP contribution in [-0.2, 0) is 9.84 Å². The molecule has 0 radical (unpaired) electrons. The molecule has 0 aliphatic rings. The van der Waals surface area contributed by atoms with Crippen LogP contribution < -0.4 is 10.1 Å². The molecule has 0 bridgehead atoms. The number of aryl methyl sites for hydroxylation is 2. The van der Waals surface area contributed by atoms with E-state index >= 15 is 0 Å². The molecule has 0 aliphatic heterocycles. The van der Waals surface area contributed by atoms with Crippen molar-refractivity contribution in [2.75, 3.05) is 19.4 Å². The second-order valence-corrected chi connectivity index (χ2v) is 9.11. The minimum Gasteiger partial charge on any atom is -0.497 e. The van der Waals surface area contributed by atoms with Crippen LogP contribution in [0.25, 0.3) is 0 Å². The second kappa shape index (κ2) is 7.47.